The second-order valence-corrected chi connectivity index (χ2v) is 10.3. The van der Waals surface area contributed by atoms with E-state index in [-0.39, 0.29) is 17.4 Å². The van der Waals surface area contributed by atoms with Gasteiger partial charge >= 0.3 is 6.09 Å². The summed E-state index contributed by atoms with van der Waals surface area (Å²) in [4.78, 5) is 28.9. The Morgan fingerprint density at radius 1 is 0.962 bits per heavy atom. The van der Waals surface area contributed by atoms with Crippen LogP contribution in [-0.4, -0.2) is 65.6 Å². The Balaban J connectivity index is 1.82. The molecule has 2 aliphatic rings. The van der Waals surface area contributed by atoms with E-state index in [0.717, 1.165) is 51.2 Å². The second kappa shape index (κ2) is 8.41. The van der Waals surface area contributed by atoms with Crippen LogP contribution in [0.15, 0.2) is 0 Å². The molecular formula is C20H36N2O3S. The molecule has 2 saturated heterocycles. The van der Waals surface area contributed by atoms with E-state index in [4.69, 9.17) is 4.74 Å². The number of amides is 2. The van der Waals surface area contributed by atoms with Gasteiger partial charge in [0.1, 0.15) is 5.60 Å². The number of nitrogens with zero attached hydrogens (tertiary/aromatic N) is 2. The molecule has 0 aliphatic carbocycles. The maximum atomic E-state index is 12.8. The van der Waals surface area contributed by atoms with E-state index >= 15 is 0 Å². The lowest BCUT2D eigenvalue weighted by atomic mass is 9.83. The van der Waals surface area contributed by atoms with Crippen molar-refractivity contribution in [2.45, 2.75) is 59.5 Å². The number of likely N-dealkylation sites (tertiary alicyclic amines) is 2. The zero-order valence-corrected chi connectivity index (χ0v) is 18.2. The smallest absolute Gasteiger partial charge is 0.410 e. The molecule has 1 atom stereocenters. The van der Waals surface area contributed by atoms with Crippen LogP contribution in [0, 0.1) is 17.3 Å². The molecular weight excluding hydrogens is 348 g/mol. The van der Waals surface area contributed by atoms with Crippen LogP contribution in [0.3, 0.4) is 0 Å². The van der Waals surface area contributed by atoms with Crippen LogP contribution in [0.5, 0.6) is 0 Å². The third kappa shape index (κ3) is 5.54. The number of rotatable bonds is 4. The number of thioether (sulfide) groups is 1. The number of hydrogen-bond acceptors (Lipinski definition) is 4. The molecule has 2 rings (SSSR count). The zero-order chi connectivity index (χ0) is 19.5. The van der Waals surface area contributed by atoms with E-state index in [0.29, 0.717) is 11.8 Å². The Morgan fingerprint density at radius 3 is 2.04 bits per heavy atom. The molecule has 2 amide bonds. The molecule has 0 aromatic rings. The molecule has 0 N–H and O–H groups in total. The molecule has 0 unspecified atom stereocenters. The van der Waals surface area contributed by atoms with Crippen LogP contribution >= 0.6 is 11.8 Å². The predicted octanol–water partition coefficient (Wildman–Crippen LogP) is 3.87. The summed E-state index contributed by atoms with van der Waals surface area (Å²) in [6, 6.07) is 0. The summed E-state index contributed by atoms with van der Waals surface area (Å²) in [5, 5.41) is 0. The van der Waals surface area contributed by atoms with E-state index in [1.807, 2.05) is 44.4 Å². The first-order chi connectivity index (χ1) is 12.0. The van der Waals surface area contributed by atoms with Crippen LogP contribution < -0.4 is 0 Å². The van der Waals surface area contributed by atoms with Gasteiger partial charge in [0, 0.05) is 31.9 Å². The fraction of sp³-hybridized carbons (Fsp3) is 0.900. The van der Waals surface area contributed by atoms with Crippen molar-refractivity contribution in [3.05, 3.63) is 0 Å². The van der Waals surface area contributed by atoms with Crippen molar-refractivity contribution in [1.82, 2.24) is 9.80 Å². The van der Waals surface area contributed by atoms with Gasteiger partial charge in [-0.25, -0.2) is 4.79 Å². The first-order valence-corrected chi connectivity index (χ1v) is 11.2. The molecule has 0 saturated carbocycles. The van der Waals surface area contributed by atoms with Crippen molar-refractivity contribution in [3.8, 4) is 0 Å². The van der Waals surface area contributed by atoms with Crippen molar-refractivity contribution in [2.24, 2.45) is 17.3 Å². The van der Waals surface area contributed by atoms with Gasteiger partial charge in [-0.1, -0.05) is 13.8 Å². The number of carbonyl (C=O) groups is 2. The quantitative estimate of drug-likeness (QED) is 0.738. The fourth-order valence-electron chi connectivity index (χ4n) is 4.09. The largest absolute Gasteiger partial charge is 0.444 e. The molecule has 0 aromatic heterocycles. The van der Waals surface area contributed by atoms with Gasteiger partial charge in [-0.05, 0) is 58.1 Å². The summed E-state index contributed by atoms with van der Waals surface area (Å²) in [6.07, 6.45) is 5.02. The van der Waals surface area contributed by atoms with Crippen LogP contribution in [0.2, 0.25) is 0 Å². The fourth-order valence-corrected chi connectivity index (χ4v) is 4.93. The molecule has 5 nitrogen and oxygen atoms in total. The molecule has 0 aromatic carbocycles. The van der Waals surface area contributed by atoms with E-state index in [2.05, 4.69) is 6.26 Å². The highest BCUT2D eigenvalue weighted by Gasteiger charge is 2.38. The maximum Gasteiger partial charge on any atom is 0.410 e. The molecule has 2 aliphatic heterocycles. The first-order valence-electron chi connectivity index (χ1n) is 9.80. The highest BCUT2D eigenvalue weighted by atomic mass is 32.2. The summed E-state index contributed by atoms with van der Waals surface area (Å²) in [5.41, 5.74) is -0.725. The van der Waals surface area contributed by atoms with Crippen LogP contribution in [0.1, 0.15) is 53.9 Å². The molecule has 150 valence electrons. The molecule has 0 spiro atoms. The monoisotopic (exact) mass is 384 g/mol. The highest BCUT2D eigenvalue weighted by molar-refractivity contribution is 7.98. The summed E-state index contributed by atoms with van der Waals surface area (Å²) < 4.78 is 5.50. The van der Waals surface area contributed by atoms with Gasteiger partial charge in [0.15, 0.2) is 0 Å². The van der Waals surface area contributed by atoms with Gasteiger partial charge in [0.05, 0.1) is 5.41 Å². The van der Waals surface area contributed by atoms with Crippen LogP contribution in [-0.2, 0) is 9.53 Å². The van der Waals surface area contributed by atoms with Crippen molar-refractivity contribution in [2.75, 3.05) is 38.2 Å². The molecule has 0 bridgehead atoms. The number of hydrogen-bond donors (Lipinski definition) is 0. The van der Waals surface area contributed by atoms with Crippen molar-refractivity contribution in [3.63, 3.8) is 0 Å². The summed E-state index contributed by atoms with van der Waals surface area (Å²) in [7, 11) is 0. The summed E-state index contributed by atoms with van der Waals surface area (Å²) >= 11 is 1.73. The minimum absolute atomic E-state index is 0.188. The van der Waals surface area contributed by atoms with Gasteiger partial charge in [0.2, 0.25) is 5.91 Å². The Hall–Kier alpha value is -0.910. The lowest BCUT2D eigenvalue weighted by Gasteiger charge is -2.38. The van der Waals surface area contributed by atoms with Crippen molar-refractivity contribution < 1.29 is 14.3 Å². The van der Waals surface area contributed by atoms with E-state index in [1.165, 1.54) is 0 Å². The molecule has 2 heterocycles. The minimum atomic E-state index is -0.440. The zero-order valence-electron chi connectivity index (χ0n) is 17.3. The lowest BCUT2D eigenvalue weighted by molar-refractivity contribution is -0.140. The predicted molar refractivity (Wildman–Crippen MR) is 107 cm³/mol. The summed E-state index contributed by atoms with van der Waals surface area (Å²) in [5.74, 6) is 2.29. The number of carbonyl (C=O) groups excluding carboxylic acids is 2. The molecule has 2 fully saturated rings. The molecule has 6 heteroatoms. The van der Waals surface area contributed by atoms with Gasteiger partial charge in [-0.2, -0.15) is 11.8 Å². The lowest BCUT2D eigenvalue weighted by Crippen LogP contribution is -2.47. The maximum absolute atomic E-state index is 12.8. The average Bonchev–Trinajstić information content (AvgIpc) is 3.03. The first kappa shape index (κ1) is 21.4. The van der Waals surface area contributed by atoms with E-state index in [1.54, 1.807) is 11.8 Å². The Kier molecular flexibility index (Phi) is 6.92. The normalized spacial score (nSPS) is 22.6. The SMILES string of the molecule is CSCC(C)(C)C(=O)N1CCC([C@@H]2CCN(C(=O)OC(C)(C)C)C2)CC1. The third-order valence-electron chi connectivity index (χ3n) is 5.45. The Labute approximate surface area is 163 Å². The third-order valence-corrected chi connectivity index (χ3v) is 6.46. The second-order valence-electron chi connectivity index (χ2n) is 9.42. The Morgan fingerprint density at radius 2 is 1.50 bits per heavy atom. The standard InChI is InChI=1S/C20H36N2O3S/c1-19(2,3)25-18(24)22-12-9-16(13-22)15-7-10-21(11-8-15)17(23)20(4,5)14-26-6/h15-16H,7-14H2,1-6H3/t16-/m1/s1. The highest BCUT2D eigenvalue weighted by Crippen LogP contribution is 2.34. The van der Waals surface area contributed by atoms with Crippen molar-refractivity contribution >= 4 is 23.8 Å². The van der Waals surface area contributed by atoms with Gasteiger partial charge < -0.3 is 14.5 Å². The van der Waals surface area contributed by atoms with Gasteiger partial charge in [-0.15, -0.1) is 0 Å². The Bertz CT molecular complexity index is 508. The molecule has 0 radical (unpaired) electrons. The van der Waals surface area contributed by atoms with E-state index < -0.39 is 5.60 Å². The minimum Gasteiger partial charge on any atom is -0.444 e. The van der Waals surface area contributed by atoms with E-state index in [9.17, 15) is 9.59 Å². The van der Waals surface area contributed by atoms with Gasteiger partial charge in [-0.3, -0.25) is 4.79 Å². The van der Waals surface area contributed by atoms with Crippen LogP contribution in [0.25, 0.3) is 0 Å². The summed E-state index contributed by atoms with van der Waals surface area (Å²) in [6.45, 7) is 13.1. The van der Waals surface area contributed by atoms with Crippen LogP contribution in [0.4, 0.5) is 4.79 Å². The average molecular weight is 385 g/mol. The molecule has 26 heavy (non-hydrogen) atoms. The topological polar surface area (TPSA) is 49.9 Å². The van der Waals surface area contributed by atoms with Gasteiger partial charge in [0.25, 0.3) is 0 Å². The van der Waals surface area contributed by atoms with Crippen molar-refractivity contribution in [1.29, 1.82) is 0 Å². The number of ether oxygens (including phenoxy) is 1. The number of piperidine rings is 1.